The van der Waals surface area contributed by atoms with Gasteiger partial charge in [0.25, 0.3) is 0 Å². The Morgan fingerprint density at radius 2 is 1.46 bits per heavy atom. The molecule has 0 aliphatic carbocycles. The summed E-state index contributed by atoms with van der Waals surface area (Å²) in [6.07, 6.45) is 0. The van der Waals surface area contributed by atoms with Crippen molar-refractivity contribution in [3.63, 3.8) is 0 Å². The summed E-state index contributed by atoms with van der Waals surface area (Å²) < 4.78 is 7.48. The van der Waals surface area contributed by atoms with Crippen LogP contribution in [0.3, 0.4) is 0 Å². The van der Waals surface area contributed by atoms with Gasteiger partial charge in [-0.25, -0.2) is 15.0 Å². The molecule has 0 fully saturated rings. The first-order chi connectivity index (χ1) is 11.1. The van der Waals surface area contributed by atoms with E-state index in [1.54, 1.807) is 12.1 Å². The van der Waals surface area contributed by atoms with E-state index in [1.807, 2.05) is 0 Å². The van der Waals surface area contributed by atoms with Gasteiger partial charge in [0.15, 0.2) is 29.0 Å². The van der Waals surface area contributed by atoms with Gasteiger partial charge in [-0.15, -0.1) is 0 Å². The Balaban J connectivity index is 2.19. The van der Waals surface area contributed by atoms with Crippen molar-refractivity contribution in [1.82, 2.24) is 15.0 Å². The normalized spacial score (nSPS) is 14.1. The second-order valence-corrected chi connectivity index (χ2v) is 9.91. The maximum atomic E-state index is 5.86. The SMILES string of the molecule is ClC(Cl)(Cl)c1nc(-c2cc(Br)c3c(c2)OCO3)nc(C(Cl)(Cl)Cl)n1. The lowest BCUT2D eigenvalue weighted by molar-refractivity contribution is 0.173. The minimum atomic E-state index is -1.92. The Bertz CT molecular complexity index is 776. The fraction of sp³-hybridized carbons (Fsp3) is 0.250. The fourth-order valence-electron chi connectivity index (χ4n) is 1.86. The predicted molar refractivity (Wildman–Crippen MR) is 97.6 cm³/mol. The zero-order chi connectivity index (χ0) is 17.7. The number of ether oxygens (including phenoxy) is 2. The van der Waals surface area contributed by atoms with Crippen molar-refractivity contribution < 1.29 is 9.47 Å². The van der Waals surface area contributed by atoms with Crippen LogP contribution in [0, 0.1) is 0 Å². The zero-order valence-corrected chi connectivity index (χ0v) is 17.3. The van der Waals surface area contributed by atoms with Crippen LogP contribution >= 0.6 is 85.5 Å². The number of nitrogens with zero attached hydrogens (tertiary/aromatic N) is 3. The van der Waals surface area contributed by atoms with Crippen LogP contribution in [0.5, 0.6) is 11.5 Å². The van der Waals surface area contributed by atoms with Crippen LogP contribution in [0.2, 0.25) is 0 Å². The van der Waals surface area contributed by atoms with Crippen molar-refractivity contribution in [3.8, 4) is 22.9 Å². The van der Waals surface area contributed by atoms with Crippen LogP contribution in [-0.4, -0.2) is 21.7 Å². The van der Waals surface area contributed by atoms with E-state index in [2.05, 4.69) is 30.9 Å². The Morgan fingerprint density at radius 1 is 0.875 bits per heavy atom. The first-order valence-electron chi connectivity index (χ1n) is 6.05. The Kier molecular flexibility index (Phi) is 5.22. The largest absolute Gasteiger partial charge is 0.454 e. The lowest BCUT2D eigenvalue weighted by atomic mass is 10.2. The molecule has 0 saturated carbocycles. The highest BCUT2D eigenvalue weighted by Gasteiger charge is 2.34. The molecule has 0 saturated heterocycles. The van der Waals surface area contributed by atoms with Gasteiger partial charge < -0.3 is 9.47 Å². The Labute approximate surface area is 174 Å². The van der Waals surface area contributed by atoms with Gasteiger partial charge in [-0.2, -0.15) is 0 Å². The highest BCUT2D eigenvalue weighted by atomic mass is 79.9. The molecule has 0 unspecified atom stereocenters. The van der Waals surface area contributed by atoms with E-state index in [4.69, 9.17) is 79.1 Å². The van der Waals surface area contributed by atoms with Gasteiger partial charge in [0.05, 0.1) is 4.47 Å². The van der Waals surface area contributed by atoms with E-state index in [-0.39, 0.29) is 24.3 Å². The molecule has 0 bridgehead atoms. The molecule has 5 nitrogen and oxygen atoms in total. The quantitative estimate of drug-likeness (QED) is 0.458. The molecule has 1 aromatic carbocycles. The van der Waals surface area contributed by atoms with Gasteiger partial charge in [0.2, 0.25) is 14.4 Å². The average molecular weight is 515 g/mol. The van der Waals surface area contributed by atoms with Crippen LogP contribution in [0.1, 0.15) is 11.6 Å². The van der Waals surface area contributed by atoms with Gasteiger partial charge in [0.1, 0.15) is 0 Å². The lowest BCUT2D eigenvalue weighted by Crippen LogP contribution is -2.16. The topological polar surface area (TPSA) is 57.1 Å². The third kappa shape index (κ3) is 3.90. The van der Waals surface area contributed by atoms with Crippen LogP contribution in [-0.2, 0) is 7.59 Å². The Hall–Kier alpha value is 0.0500. The van der Waals surface area contributed by atoms with Crippen molar-refractivity contribution in [1.29, 1.82) is 0 Å². The number of hydrogen-bond donors (Lipinski definition) is 0. The van der Waals surface area contributed by atoms with Gasteiger partial charge in [-0.1, -0.05) is 69.6 Å². The molecule has 0 amide bonds. The number of hydrogen-bond acceptors (Lipinski definition) is 5. The molecule has 2 aromatic rings. The number of rotatable bonds is 1. The zero-order valence-electron chi connectivity index (χ0n) is 11.2. The summed E-state index contributed by atoms with van der Waals surface area (Å²) in [5.41, 5.74) is 0.527. The number of fused-ring (bicyclic) bond motifs is 1. The maximum Gasteiger partial charge on any atom is 0.250 e. The third-order valence-corrected chi connectivity index (χ3v) is 4.43. The summed E-state index contributed by atoms with van der Waals surface area (Å²) >= 11 is 38.5. The molecule has 24 heavy (non-hydrogen) atoms. The predicted octanol–water partition coefficient (Wildman–Crippen LogP) is 5.68. The summed E-state index contributed by atoms with van der Waals surface area (Å²) in [6, 6.07) is 3.36. The van der Waals surface area contributed by atoms with Crippen molar-refractivity contribution in [2.75, 3.05) is 6.79 Å². The highest BCUT2D eigenvalue weighted by Crippen LogP contribution is 2.44. The van der Waals surface area contributed by atoms with E-state index in [1.165, 1.54) is 0 Å². The van der Waals surface area contributed by atoms with Crippen LogP contribution in [0.25, 0.3) is 11.4 Å². The van der Waals surface area contributed by atoms with Gasteiger partial charge in [-0.05, 0) is 28.1 Å². The van der Waals surface area contributed by atoms with Crippen molar-refractivity contribution in [3.05, 3.63) is 28.3 Å². The molecule has 0 spiro atoms. The number of benzene rings is 1. The molecule has 128 valence electrons. The molecular formula is C12H4BrCl6N3O2. The molecule has 12 heteroatoms. The number of alkyl halides is 6. The number of halogens is 7. The Morgan fingerprint density at radius 3 is 2.00 bits per heavy atom. The summed E-state index contributed by atoms with van der Waals surface area (Å²) in [5.74, 6) is 0.869. The third-order valence-electron chi connectivity index (χ3n) is 2.83. The molecule has 1 aliphatic rings. The molecular weight excluding hydrogens is 511 g/mol. The average Bonchev–Trinajstić information content (AvgIpc) is 2.94. The van der Waals surface area contributed by atoms with E-state index in [9.17, 15) is 0 Å². The van der Waals surface area contributed by atoms with E-state index in [0.29, 0.717) is 21.5 Å². The monoisotopic (exact) mass is 511 g/mol. The first kappa shape index (κ1) is 18.8. The second kappa shape index (κ2) is 6.65. The molecule has 0 radical (unpaired) electrons. The molecule has 0 N–H and O–H groups in total. The van der Waals surface area contributed by atoms with E-state index < -0.39 is 7.59 Å². The second-order valence-electron chi connectivity index (χ2n) is 4.49. The van der Waals surface area contributed by atoms with Gasteiger partial charge >= 0.3 is 0 Å². The smallest absolute Gasteiger partial charge is 0.250 e. The fourth-order valence-corrected chi connectivity index (χ4v) is 2.92. The first-order valence-corrected chi connectivity index (χ1v) is 9.12. The molecule has 3 rings (SSSR count). The van der Waals surface area contributed by atoms with Crippen LogP contribution < -0.4 is 9.47 Å². The summed E-state index contributed by atoms with van der Waals surface area (Å²) in [7, 11) is 0. The molecule has 0 atom stereocenters. The minimum Gasteiger partial charge on any atom is -0.454 e. The summed E-state index contributed by atoms with van der Waals surface area (Å²) in [4.78, 5) is 12.2. The molecule has 1 aliphatic heterocycles. The highest BCUT2D eigenvalue weighted by molar-refractivity contribution is 9.10. The van der Waals surface area contributed by atoms with Crippen LogP contribution in [0.15, 0.2) is 16.6 Å². The van der Waals surface area contributed by atoms with E-state index >= 15 is 0 Å². The maximum absolute atomic E-state index is 5.86. The van der Waals surface area contributed by atoms with Crippen molar-refractivity contribution >= 4 is 85.5 Å². The summed E-state index contributed by atoms with van der Waals surface area (Å²) in [6.45, 7) is 0.105. The van der Waals surface area contributed by atoms with Crippen molar-refractivity contribution in [2.24, 2.45) is 0 Å². The van der Waals surface area contributed by atoms with Crippen LogP contribution in [0.4, 0.5) is 0 Å². The minimum absolute atomic E-state index is 0.105. The summed E-state index contributed by atoms with van der Waals surface area (Å²) in [5, 5.41) is 0. The van der Waals surface area contributed by atoms with E-state index in [0.717, 1.165) is 0 Å². The van der Waals surface area contributed by atoms with Crippen molar-refractivity contribution in [2.45, 2.75) is 7.59 Å². The molecule has 1 aromatic heterocycles. The van der Waals surface area contributed by atoms with Gasteiger partial charge in [0, 0.05) is 5.56 Å². The standard InChI is InChI=1S/C12H4BrCl6N3O2/c13-5-1-4(2-6-7(5)24-3-23-6)8-20-9(11(14,15)16)22-10(21-8)12(17,18)19/h1-2H,3H2. The lowest BCUT2D eigenvalue weighted by Gasteiger charge is -2.15. The van der Waals surface area contributed by atoms with Gasteiger partial charge in [-0.3, -0.25) is 0 Å². The molecule has 2 heterocycles. The number of aromatic nitrogens is 3.